The summed E-state index contributed by atoms with van der Waals surface area (Å²) in [5, 5.41) is 0. The number of ether oxygens (including phenoxy) is 3. The summed E-state index contributed by atoms with van der Waals surface area (Å²) in [7, 11) is 1.77. The van der Waals surface area contributed by atoms with Crippen molar-refractivity contribution in [3.05, 3.63) is 0 Å². The van der Waals surface area contributed by atoms with E-state index in [1.807, 2.05) is 0 Å². The Morgan fingerprint density at radius 2 is 0.620 bits per heavy atom. The van der Waals surface area contributed by atoms with Crippen LogP contribution in [0.5, 0.6) is 0 Å². The van der Waals surface area contributed by atoms with Crippen LogP contribution in [-0.2, 0) is 14.2 Å². The molecule has 0 saturated heterocycles. The van der Waals surface area contributed by atoms with Crippen LogP contribution in [-0.4, -0.2) is 37.6 Å². The summed E-state index contributed by atoms with van der Waals surface area (Å²) in [6, 6.07) is 0. The molecule has 0 fully saturated rings. The third-order valence-corrected chi connectivity index (χ3v) is 10.9. The summed E-state index contributed by atoms with van der Waals surface area (Å²) in [5.74, 6) is 3.43. The molecule has 0 radical (unpaired) electrons. The first-order chi connectivity index (χ1) is 21.8. The average molecular weight is 717 g/mol. The van der Waals surface area contributed by atoms with Gasteiger partial charge in [-0.1, -0.05) is 159 Å². The van der Waals surface area contributed by atoms with Gasteiger partial charge in [0.15, 0.2) is 0 Å². The molecule has 0 aromatic heterocycles. The van der Waals surface area contributed by atoms with E-state index in [1.165, 1.54) is 12.8 Å². The van der Waals surface area contributed by atoms with E-state index in [-0.39, 0.29) is 0 Å². The van der Waals surface area contributed by atoms with E-state index in [0.29, 0.717) is 75.3 Å². The summed E-state index contributed by atoms with van der Waals surface area (Å²) in [6.45, 7) is 64.7. The van der Waals surface area contributed by atoms with Crippen LogP contribution >= 0.6 is 0 Å². The fourth-order valence-electron chi connectivity index (χ4n) is 5.16. The van der Waals surface area contributed by atoms with E-state index in [1.54, 1.807) is 7.11 Å². The molecule has 0 aromatic carbocycles. The minimum absolute atomic E-state index is 0.338. The molecule has 0 saturated carbocycles. The first-order valence-corrected chi connectivity index (χ1v) is 20.6. The van der Waals surface area contributed by atoms with Crippen LogP contribution in [0.1, 0.15) is 214 Å². The van der Waals surface area contributed by atoms with Crippen LogP contribution in [0.25, 0.3) is 0 Å². The van der Waals surface area contributed by atoms with Crippen LogP contribution < -0.4 is 0 Å². The Labute approximate surface area is 321 Å². The number of methoxy groups -OCH3 is 1. The molecule has 0 heterocycles. The monoisotopic (exact) mass is 717 g/mol. The Bertz CT molecular complexity index is 714. The van der Waals surface area contributed by atoms with Gasteiger partial charge in [0.25, 0.3) is 0 Å². The van der Waals surface area contributed by atoms with Crippen molar-refractivity contribution >= 4 is 0 Å². The van der Waals surface area contributed by atoms with E-state index in [9.17, 15) is 0 Å². The summed E-state index contributed by atoms with van der Waals surface area (Å²) in [5.41, 5.74) is 2.07. The van der Waals surface area contributed by atoms with Crippen molar-refractivity contribution in [2.24, 2.45) is 56.7 Å². The second kappa shape index (κ2) is 26.6. The molecule has 7 atom stereocenters. The highest BCUT2D eigenvalue weighted by atomic mass is 16.5. The van der Waals surface area contributed by atoms with Crippen LogP contribution in [0, 0.1) is 56.7 Å². The highest BCUT2D eigenvalue weighted by Gasteiger charge is 2.28. The van der Waals surface area contributed by atoms with Gasteiger partial charge in [0.05, 0.1) is 30.5 Å². The Morgan fingerprint density at radius 1 is 0.380 bits per heavy atom. The van der Waals surface area contributed by atoms with Gasteiger partial charge in [0, 0.05) is 7.11 Å². The van der Waals surface area contributed by atoms with Gasteiger partial charge in [-0.2, -0.15) is 0 Å². The van der Waals surface area contributed by atoms with Gasteiger partial charge < -0.3 is 14.2 Å². The second-order valence-electron chi connectivity index (χ2n) is 21.9. The van der Waals surface area contributed by atoms with E-state index >= 15 is 0 Å². The van der Waals surface area contributed by atoms with Gasteiger partial charge in [-0.3, -0.25) is 0 Å². The summed E-state index contributed by atoms with van der Waals surface area (Å²) < 4.78 is 16.7. The van der Waals surface area contributed by atoms with Gasteiger partial charge in [0.2, 0.25) is 0 Å². The minimum atomic E-state index is 0.338. The van der Waals surface area contributed by atoms with E-state index in [2.05, 4.69) is 201 Å². The highest BCUT2D eigenvalue weighted by molar-refractivity contribution is 4.77. The quantitative estimate of drug-likeness (QED) is 0.225. The standard InChI is InChI=1S/2C11H24O.C9H20O.C9H20.C7H16/c2*1-8(2)12-10(4)9(3)11(5,6)7;1-7(8(2)10-6)9(3,4)5;1-7(2)8(3)9(4,5)6;1-5-6-7(2,3)4/h2*8-10H,1-7H3;7-8H,1-6H3;7-8H,1-6H3;5-6H2,1-4H3/t9-,10+;9-,10-;7-,8+;8-;/m0000./s1. The molecule has 0 N–H and O–H groups in total. The summed E-state index contributed by atoms with van der Waals surface area (Å²) >= 11 is 0. The minimum Gasteiger partial charge on any atom is -0.381 e. The number of hydrogen-bond acceptors (Lipinski definition) is 3. The maximum absolute atomic E-state index is 5.74. The molecule has 0 rings (SSSR count). The fraction of sp³-hybridized carbons (Fsp3) is 1.00. The van der Waals surface area contributed by atoms with Gasteiger partial charge in [-0.15, -0.1) is 0 Å². The van der Waals surface area contributed by atoms with Crippen molar-refractivity contribution in [1.29, 1.82) is 0 Å². The van der Waals surface area contributed by atoms with Crippen molar-refractivity contribution in [2.45, 2.75) is 244 Å². The predicted octanol–water partition coefficient (Wildman–Crippen LogP) is 15.8. The van der Waals surface area contributed by atoms with E-state index < -0.39 is 0 Å². The summed E-state index contributed by atoms with van der Waals surface area (Å²) in [4.78, 5) is 0. The Morgan fingerprint density at radius 3 is 0.700 bits per heavy atom. The van der Waals surface area contributed by atoms with Crippen LogP contribution in [0.2, 0.25) is 0 Å². The van der Waals surface area contributed by atoms with Crippen LogP contribution in [0.4, 0.5) is 0 Å². The molecule has 0 aliphatic rings. The number of hydrogen-bond donors (Lipinski definition) is 0. The molecule has 50 heavy (non-hydrogen) atoms. The molecule has 0 aromatic rings. The smallest absolute Gasteiger partial charge is 0.0580 e. The van der Waals surface area contributed by atoms with Crippen molar-refractivity contribution < 1.29 is 14.2 Å². The molecule has 3 nitrogen and oxygen atoms in total. The lowest BCUT2D eigenvalue weighted by molar-refractivity contribution is -0.0386. The first-order valence-electron chi connectivity index (χ1n) is 20.6. The number of rotatable bonds is 10. The van der Waals surface area contributed by atoms with Crippen molar-refractivity contribution in [2.75, 3.05) is 7.11 Å². The van der Waals surface area contributed by atoms with Crippen molar-refractivity contribution in [3.63, 3.8) is 0 Å². The normalized spacial score (nSPS) is 17.0. The molecular weight excluding hydrogens is 613 g/mol. The third-order valence-electron chi connectivity index (χ3n) is 10.9. The summed E-state index contributed by atoms with van der Waals surface area (Å²) in [6.07, 6.45) is 4.39. The van der Waals surface area contributed by atoms with Gasteiger partial charge in [0.1, 0.15) is 0 Å². The first kappa shape index (κ1) is 59.2. The maximum atomic E-state index is 5.74. The zero-order chi connectivity index (χ0) is 41.8. The van der Waals surface area contributed by atoms with Crippen molar-refractivity contribution in [1.82, 2.24) is 0 Å². The van der Waals surface area contributed by atoms with E-state index in [0.717, 1.165) is 11.8 Å². The van der Waals surface area contributed by atoms with Crippen molar-refractivity contribution in [3.8, 4) is 0 Å². The van der Waals surface area contributed by atoms with Gasteiger partial charge in [-0.05, 0) is 112 Å². The average Bonchev–Trinajstić information content (AvgIpc) is 2.88. The largest absolute Gasteiger partial charge is 0.381 e. The molecule has 0 unspecified atom stereocenters. The van der Waals surface area contributed by atoms with Gasteiger partial charge in [-0.25, -0.2) is 0 Å². The zero-order valence-corrected chi connectivity index (χ0v) is 40.9. The fourth-order valence-corrected chi connectivity index (χ4v) is 5.16. The predicted molar refractivity (Wildman–Crippen MR) is 232 cm³/mol. The molecular formula is C47H104O3. The maximum Gasteiger partial charge on any atom is 0.0580 e. The molecule has 3 heteroatoms. The lowest BCUT2D eigenvalue weighted by atomic mass is 9.76. The van der Waals surface area contributed by atoms with E-state index in [4.69, 9.17) is 14.2 Å². The molecule has 0 amide bonds. The second-order valence-corrected chi connectivity index (χ2v) is 21.9. The van der Waals surface area contributed by atoms with Crippen LogP contribution in [0.15, 0.2) is 0 Å². The lowest BCUT2D eigenvalue weighted by Gasteiger charge is -2.33. The topological polar surface area (TPSA) is 27.7 Å². The molecule has 0 aliphatic heterocycles. The molecule has 0 aliphatic carbocycles. The lowest BCUT2D eigenvalue weighted by Crippen LogP contribution is -2.31. The van der Waals surface area contributed by atoms with Gasteiger partial charge >= 0.3 is 0 Å². The molecule has 0 bridgehead atoms. The molecule has 0 spiro atoms. The molecule has 310 valence electrons. The Kier molecular flexibility index (Phi) is 31.5. The van der Waals surface area contributed by atoms with Crippen LogP contribution in [0.3, 0.4) is 0 Å². The third kappa shape index (κ3) is 36.2. The highest BCUT2D eigenvalue weighted by Crippen LogP contribution is 2.32. The SMILES string of the molecule is CC(C)O[C@@H](C)[C@H](C)C(C)(C)C.CC(C)O[C@H](C)[C@H](C)C(C)(C)C.CC(C)[C@H](C)C(C)(C)C.CCCC(C)(C)C.CO[C@H](C)[C@H](C)C(C)(C)C. The Balaban J connectivity index is -0.000000171. The Hall–Kier alpha value is -0.120. The zero-order valence-electron chi connectivity index (χ0n) is 40.9.